The van der Waals surface area contributed by atoms with Gasteiger partial charge in [0.15, 0.2) is 0 Å². The number of carbonyl (C=O) groups is 1. The zero-order chi connectivity index (χ0) is 17.4. The molecule has 0 unspecified atom stereocenters. The van der Waals surface area contributed by atoms with Crippen LogP contribution in [0.5, 0.6) is 5.75 Å². The fraction of sp³-hybridized carbons (Fsp3) is 0.167. The van der Waals surface area contributed by atoms with E-state index in [9.17, 15) is 14.0 Å². The van der Waals surface area contributed by atoms with Crippen molar-refractivity contribution in [1.82, 2.24) is 9.97 Å². The normalized spacial score (nSPS) is 16.1. The lowest BCUT2D eigenvalue weighted by molar-refractivity contribution is -0.121. The standard InChI is InChI=1S/C18H14FN3O3/c19-13-7-14-12(18(24)21-9-20-14)6-15(13)22-17(23)11-5-10-3-1-2-4-16(10)25-8-11/h1-4,6-7,9,11H,5,8H2,(H,22,23)(H,20,21,24)/t11-/m0/s1. The molecule has 2 N–H and O–H groups in total. The maximum Gasteiger partial charge on any atom is 0.258 e. The first-order valence-electron chi connectivity index (χ1n) is 7.80. The van der Waals surface area contributed by atoms with E-state index in [1.54, 1.807) is 0 Å². The molecule has 0 spiro atoms. The summed E-state index contributed by atoms with van der Waals surface area (Å²) >= 11 is 0. The lowest BCUT2D eigenvalue weighted by Gasteiger charge is -2.24. The van der Waals surface area contributed by atoms with Gasteiger partial charge < -0.3 is 15.0 Å². The van der Waals surface area contributed by atoms with Crippen molar-refractivity contribution < 1.29 is 13.9 Å². The van der Waals surface area contributed by atoms with E-state index in [2.05, 4.69) is 15.3 Å². The minimum Gasteiger partial charge on any atom is -0.492 e. The highest BCUT2D eigenvalue weighted by molar-refractivity contribution is 5.95. The van der Waals surface area contributed by atoms with E-state index >= 15 is 0 Å². The van der Waals surface area contributed by atoms with E-state index in [0.29, 0.717) is 6.42 Å². The van der Waals surface area contributed by atoms with E-state index in [4.69, 9.17) is 4.74 Å². The lowest BCUT2D eigenvalue weighted by atomic mass is 9.96. The number of aromatic amines is 1. The number of hydrogen-bond donors (Lipinski definition) is 2. The third-order valence-corrected chi connectivity index (χ3v) is 4.24. The van der Waals surface area contributed by atoms with Crippen LogP contribution < -0.4 is 15.6 Å². The molecule has 6 nitrogen and oxygen atoms in total. The average molecular weight is 339 g/mol. The van der Waals surface area contributed by atoms with Gasteiger partial charge in [0.25, 0.3) is 5.56 Å². The molecular formula is C18H14FN3O3. The van der Waals surface area contributed by atoms with Crippen LogP contribution in [-0.2, 0) is 11.2 Å². The molecule has 1 aliphatic rings. The molecule has 0 bridgehead atoms. The van der Waals surface area contributed by atoms with Gasteiger partial charge in [0.1, 0.15) is 18.2 Å². The second-order valence-electron chi connectivity index (χ2n) is 5.89. The van der Waals surface area contributed by atoms with Gasteiger partial charge in [-0.15, -0.1) is 0 Å². The molecule has 1 aromatic heterocycles. The van der Waals surface area contributed by atoms with Crippen molar-refractivity contribution in [1.29, 1.82) is 0 Å². The summed E-state index contributed by atoms with van der Waals surface area (Å²) in [5.74, 6) is -0.664. The number of ether oxygens (including phenoxy) is 1. The molecule has 4 rings (SSSR count). The predicted octanol–water partition coefficient (Wildman–Crippen LogP) is 2.25. The summed E-state index contributed by atoms with van der Waals surface area (Å²) in [4.78, 5) is 30.6. The molecule has 126 valence electrons. The summed E-state index contributed by atoms with van der Waals surface area (Å²) in [7, 11) is 0. The Bertz CT molecular complexity index is 1030. The summed E-state index contributed by atoms with van der Waals surface area (Å²) in [6.45, 7) is 0.222. The first kappa shape index (κ1) is 15.3. The Kier molecular flexibility index (Phi) is 3.68. The summed E-state index contributed by atoms with van der Waals surface area (Å²) < 4.78 is 19.8. The molecule has 1 aliphatic heterocycles. The van der Waals surface area contributed by atoms with Crippen molar-refractivity contribution in [3.8, 4) is 5.75 Å². The number of nitrogens with zero attached hydrogens (tertiary/aromatic N) is 1. The van der Waals surface area contributed by atoms with Gasteiger partial charge in [-0.1, -0.05) is 18.2 Å². The molecule has 2 heterocycles. The van der Waals surface area contributed by atoms with Crippen LogP contribution in [0.2, 0.25) is 0 Å². The summed E-state index contributed by atoms with van der Waals surface area (Å²) in [6, 6.07) is 9.93. The predicted molar refractivity (Wildman–Crippen MR) is 90.1 cm³/mol. The van der Waals surface area contributed by atoms with Gasteiger partial charge in [-0.3, -0.25) is 9.59 Å². The fourth-order valence-corrected chi connectivity index (χ4v) is 2.92. The van der Waals surface area contributed by atoms with E-state index in [1.165, 1.54) is 12.4 Å². The Hall–Kier alpha value is -3.22. The van der Waals surface area contributed by atoms with Gasteiger partial charge in [-0.2, -0.15) is 0 Å². The molecule has 0 saturated carbocycles. The highest BCUT2D eigenvalue weighted by Crippen LogP contribution is 2.28. The summed E-state index contributed by atoms with van der Waals surface area (Å²) in [6.07, 6.45) is 1.72. The quantitative estimate of drug-likeness (QED) is 0.750. The monoisotopic (exact) mass is 339 g/mol. The largest absolute Gasteiger partial charge is 0.492 e. The molecule has 2 aromatic carbocycles. The van der Waals surface area contributed by atoms with Gasteiger partial charge in [0, 0.05) is 6.07 Å². The van der Waals surface area contributed by atoms with E-state index in [0.717, 1.165) is 17.4 Å². The van der Waals surface area contributed by atoms with Crippen LogP contribution >= 0.6 is 0 Å². The number of rotatable bonds is 2. The van der Waals surface area contributed by atoms with Crippen LogP contribution in [0.4, 0.5) is 10.1 Å². The molecule has 1 amide bonds. The van der Waals surface area contributed by atoms with Gasteiger partial charge in [-0.25, -0.2) is 9.37 Å². The number of fused-ring (bicyclic) bond motifs is 2. The number of hydrogen-bond acceptors (Lipinski definition) is 4. The number of halogens is 1. The summed E-state index contributed by atoms with van der Waals surface area (Å²) in [5.41, 5.74) is 0.730. The van der Waals surface area contributed by atoms with E-state index in [1.807, 2.05) is 24.3 Å². The van der Waals surface area contributed by atoms with Crippen molar-refractivity contribution in [2.24, 2.45) is 5.92 Å². The third-order valence-electron chi connectivity index (χ3n) is 4.24. The summed E-state index contributed by atoms with van der Waals surface area (Å²) in [5, 5.41) is 2.77. The van der Waals surface area contributed by atoms with Crippen LogP contribution in [0.15, 0.2) is 47.5 Å². The number of nitrogens with one attached hydrogen (secondary N) is 2. The Morgan fingerprint density at radius 1 is 1.32 bits per heavy atom. The SMILES string of the molecule is O=C(Nc1cc2c(=O)[nH]cnc2cc1F)[C@@H]1COc2ccccc2C1. The Morgan fingerprint density at radius 2 is 2.16 bits per heavy atom. The molecule has 0 fully saturated rings. The van der Waals surface area contributed by atoms with Crippen molar-refractivity contribution >= 4 is 22.5 Å². The highest BCUT2D eigenvalue weighted by atomic mass is 19.1. The third kappa shape index (κ3) is 2.84. The molecule has 0 saturated heterocycles. The van der Waals surface area contributed by atoms with Crippen LogP contribution in [0, 0.1) is 11.7 Å². The molecule has 0 aliphatic carbocycles. The number of benzene rings is 2. The Balaban J connectivity index is 1.59. The van der Waals surface area contributed by atoms with Crippen molar-refractivity contribution in [3.05, 3.63) is 64.5 Å². The zero-order valence-corrected chi connectivity index (χ0v) is 13.1. The van der Waals surface area contributed by atoms with E-state index < -0.39 is 17.3 Å². The maximum absolute atomic E-state index is 14.2. The zero-order valence-electron chi connectivity index (χ0n) is 13.1. The van der Waals surface area contributed by atoms with Gasteiger partial charge in [0.2, 0.25) is 5.91 Å². The minimum atomic E-state index is -0.643. The second kappa shape index (κ2) is 6.01. The molecule has 1 atom stereocenters. The Morgan fingerprint density at radius 3 is 3.04 bits per heavy atom. The van der Waals surface area contributed by atoms with Crippen molar-refractivity contribution in [2.45, 2.75) is 6.42 Å². The van der Waals surface area contributed by atoms with Crippen LogP contribution in [0.3, 0.4) is 0 Å². The van der Waals surface area contributed by atoms with Gasteiger partial charge >= 0.3 is 0 Å². The molecule has 7 heteroatoms. The smallest absolute Gasteiger partial charge is 0.258 e. The first-order valence-corrected chi connectivity index (χ1v) is 7.80. The lowest BCUT2D eigenvalue weighted by Crippen LogP contribution is -2.32. The molecule has 0 radical (unpaired) electrons. The minimum absolute atomic E-state index is 0.0464. The second-order valence-corrected chi connectivity index (χ2v) is 5.89. The van der Waals surface area contributed by atoms with Crippen LogP contribution in [-0.4, -0.2) is 22.5 Å². The van der Waals surface area contributed by atoms with Crippen LogP contribution in [0.25, 0.3) is 10.9 Å². The van der Waals surface area contributed by atoms with Gasteiger partial charge in [-0.05, 0) is 24.1 Å². The highest BCUT2D eigenvalue weighted by Gasteiger charge is 2.26. The van der Waals surface area contributed by atoms with Crippen molar-refractivity contribution in [3.63, 3.8) is 0 Å². The van der Waals surface area contributed by atoms with Gasteiger partial charge in [0.05, 0.1) is 28.8 Å². The fourth-order valence-electron chi connectivity index (χ4n) is 2.92. The maximum atomic E-state index is 14.2. The first-order chi connectivity index (χ1) is 12.1. The topological polar surface area (TPSA) is 84.1 Å². The molecular weight excluding hydrogens is 325 g/mol. The average Bonchev–Trinajstić information content (AvgIpc) is 2.62. The number of H-pyrrole nitrogens is 1. The van der Waals surface area contributed by atoms with E-state index in [-0.39, 0.29) is 29.1 Å². The van der Waals surface area contributed by atoms with Crippen molar-refractivity contribution in [2.75, 3.05) is 11.9 Å². The van der Waals surface area contributed by atoms with Crippen LogP contribution in [0.1, 0.15) is 5.56 Å². The number of anilines is 1. The number of aromatic nitrogens is 2. The molecule has 3 aromatic rings. The molecule has 25 heavy (non-hydrogen) atoms. The number of amides is 1. The Labute approximate surface area is 141 Å². The number of para-hydroxylation sites is 1. The number of carbonyl (C=O) groups excluding carboxylic acids is 1.